The van der Waals surface area contributed by atoms with Crippen LogP contribution in [0.25, 0.3) is 0 Å². The molecule has 17 nitrogen and oxygen atoms in total. The summed E-state index contributed by atoms with van der Waals surface area (Å²) >= 11 is -0.465. The van der Waals surface area contributed by atoms with Crippen molar-refractivity contribution in [3.05, 3.63) is 35.9 Å². The third-order valence-corrected chi connectivity index (χ3v) is 9.68. The molecule has 3 rings (SSSR count). The number of benzene rings is 1. The number of carbonyl (C=O) groups excluding carboxylic acids is 7. The average Bonchev–Trinajstić information content (AvgIpc) is 3.02. The van der Waals surface area contributed by atoms with E-state index < -0.39 is 130 Å². The van der Waals surface area contributed by atoms with Gasteiger partial charge in [0.25, 0.3) is 0 Å². The van der Waals surface area contributed by atoms with Gasteiger partial charge in [-0.1, -0.05) is 0 Å². The molecule has 2 fully saturated rings. The predicted octanol–water partition coefficient (Wildman–Crippen LogP) is 0.511. The molecule has 0 N–H and O–H groups in total. The van der Waals surface area contributed by atoms with Gasteiger partial charge in [-0.25, -0.2) is 0 Å². The van der Waals surface area contributed by atoms with E-state index in [9.17, 15) is 33.6 Å². The topological polar surface area (TPSA) is 212 Å². The Labute approximate surface area is 300 Å². The van der Waals surface area contributed by atoms with Crippen LogP contribution in [-0.2, 0) is 86.2 Å². The van der Waals surface area contributed by atoms with E-state index in [0.29, 0.717) is 5.32 Å². The Morgan fingerprint density at radius 1 is 0.529 bits per heavy atom. The molecule has 1 aromatic carbocycles. The van der Waals surface area contributed by atoms with Crippen molar-refractivity contribution in [3.8, 4) is 0 Å². The average molecular weight is 790 g/mol. The maximum atomic E-state index is 12.6. The zero-order valence-electron chi connectivity index (χ0n) is 29.1. The van der Waals surface area contributed by atoms with Crippen LogP contribution in [0.1, 0.15) is 54.0 Å². The minimum absolute atomic E-state index is 0.437. The molecule has 0 radical (unpaired) electrons. The summed E-state index contributed by atoms with van der Waals surface area (Å²) in [5.41, 5.74) is 0.958. The summed E-state index contributed by atoms with van der Waals surface area (Å²) in [7, 11) is 0. The first-order valence-corrected chi connectivity index (χ1v) is 18.0. The molecule has 282 valence electrons. The zero-order valence-corrected chi connectivity index (χ0v) is 30.8. The molecule has 0 amide bonds. The number of rotatable bonds is 14. The molecular formula is C33H42O17Se. The number of ether oxygens (including phenoxy) is 10. The summed E-state index contributed by atoms with van der Waals surface area (Å²) in [6.07, 6.45) is -13.2. The molecule has 2 saturated heterocycles. The van der Waals surface area contributed by atoms with Gasteiger partial charge < -0.3 is 0 Å². The van der Waals surface area contributed by atoms with Crippen LogP contribution in [0, 0.1) is 0 Å². The summed E-state index contributed by atoms with van der Waals surface area (Å²) in [4.78, 5) is 85.6. The standard InChI is InChI=1S/C33H42O17Se/c1-16(34)41-13-24-26(43-18(3)36)28(44-19(4)37)30(46-21(6)39)32(48-24)50-27-25(14-42-17(2)35)49-33(51-15-23-11-9-8-10-12-23)31(47-22(7)40)29(27)45-20(5)38/h8-12,24-33H,13-15H2,1-7H3/t24?,25?,26-,27-,28?,29?,30?,31?,32-,33+/m1/s1. The second-order valence-electron chi connectivity index (χ2n) is 11.5. The molecule has 18 heteroatoms. The maximum absolute atomic E-state index is 12.6. The van der Waals surface area contributed by atoms with Gasteiger partial charge in [0.15, 0.2) is 0 Å². The predicted molar refractivity (Wildman–Crippen MR) is 169 cm³/mol. The van der Waals surface area contributed by atoms with Crippen LogP contribution in [0.2, 0.25) is 0 Å². The number of carbonyl (C=O) groups is 7. The van der Waals surface area contributed by atoms with Gasteiger partial charge in [-0.2, -0.15) is 0 Å². The Hall–Kier alpha value is -4.09. The Bertz CT molecular complexity index is 1400. The Morgan fingerprint density at radius 2 is 0.961 bits per heavy atom. The van der Waals surface area contributed by atoms with E-state index in [0.717, 1.165) is 47.1 Å². The number of hydrogen-bond acceptors (Lipinski definition) is 17. The monoisotopic (exact) mass is 790 g/mol. The van der Waals surface area contributed by atoms with Crippen molar-refractivity contribution < 1.29 is 80.9 Å². The molecular weight excluding hydrogens is 747 g/mol. The van der Waals surface area contributed by atoms with Crippen molar-refractivity contribution in [2.75, 3.05) is 13.2 Å². The van der Waals surface area contributed by atoms with Crippen molar-refractivity contribution in [2.45, 2.75) is 114 Å². The fourth-order valence-corrected chi connectivity index (χ4v) is 7.81. The van der Waals surface area contributed by atoms with E-state index in [1.807, 2.05) is 30.3 Å². The molecule has 2 aliphatic rings. The first kappa shape index (κ1) is 41.3. The number of hydrogen-bond donors (Lipinski definition) is 0. The quantitative estimate of drug-likeness (QED) is 0.143. The zero-order chi connectivity index (χ0) is 37.8. The molecule has 0 aliphatic carbocycles. The van der Waals surface area contributed by atoms with Crippen LogP contribution in [0.5, 0.6) is 0 Å². The molecule has 6 unspecified atom stereocenters. The van der Waals surface area contributed by atoms with Gasteiger partial charge in [0.2, 0.25) is 0 Å². The third-order valence-electron chi connectivity index (χ3n) is 7.14. The van der Waals surface area contributed by atoms with Crippen LogP contribution >= 0.6 is 0 Å². The first-order valence-electron chi connectivity index (χ1n) is 15.8. The summed E-state index contributed by atoms with van der Waals surface area (Å²) in [5.74, 6) is -5.52. The summed E-state index contributed by atoms with van der Waals surface area (Å²) < 4.78 is 57.1. The van der Waals surface area contributed by atoms with Crippen molar-refractivity contribution >= 4 is 56.7 Å². The van der Waals surface area contributed by atoms with Crippen LogP contribution in [0.3, 0.4) is 0 Å². The van der Waals surface area contributed by atoms with Gasteiger partial charge >= 0.3 is 301 Å². The first-order chi connectivity index (χ1) is 24.0. The SMILES string of the molecule is CC(=O)OCC1O[C@H](O[C@@H]2C(COC(C)=O)O[C@@H]([Se]Cc3ccccc3)C(OC(C)=O)C2OC(C)=O)C(OC(C)=O)C(OC(C)=O)[C@@H]1OC(C)=O. The summed E-state index contributed by atoms with van der Waals surface area (Å²) in [6.45, 7) is 6.78. The van der Waals surface area contributed by atoms with Crippen LogP contribution < -0.4 is 0 Å². The van der Waals surface area contributed by atoms with E-state index in [2.05, 4.69) is 0 Å². The van der Waals surface area contributed by atoms with Gasteiger partial charge in [-0.05, 0) is 0 Å². The van der Waals surface area contributed by atoms with Crippen molar-refractivity contribution in [2.24, 2.45) is 0 Å². The fourth-order valence-electron chi connectivity index (χ4n) is 5.36. The van der Waals surface area contributed by atoms with Crippen LogP contribution in [0.15, 0.2) is 30.3 Å². The van der Waals surface area contributed by atoms with Crippen molar-refractivity contribution in [3.63, 3.8) is 0 Å². The molecule has 0 saturated carbocycles. The van der Waals surface area contributed by atoms with Gasteiger partial charge in [-0.3, -0.25) is 0 Å². The second kappa shape index (κ2) is 19.5. The van der Waals surface area contributed by atoms with Gasteiger partial charge in [0.05, 0.1) is 0 Å². The molecule has 0 spiro atoms. The Balaban J connectivity index is 2.13. The molecule has 0 bridgehead atoms. The van der Waals surface area contributed by atoms with E-state index in [-0.39, 0.29) is 0 Å². The molecule has 1 aromatic rings. The second-order valence-corrected chi connectivity index (χ2v) is 13.7. The van der Waals surface area contributed by atoms with Crippen LogP contribution in [0.4, 0.5) is 0 Å². The van der Waals surface area contributed by atoms with Crippen LogP contribution in [-0.4, -0.2) is 130 Å². The van der Waals surface area contributed by atoms with Crippen molar-refractivity contribution in [1.82, 2.24) is 0 Å². The normalized spacial score (nSPS) is 28.7. The van der Waals surface area contributed by atoms with Crippen molar-refractivity contribution in [1.29, 1.82) is 0 Å². The molecule has 0 aromatic heterocycles. The molecule has 51 heavy (non-hydrogen) atoms. The minimum atomic E-state index is -1.73. The molecule has 2 heterocycles. The summed E-state index contributed by atoms with van der Waals surface area (Å²) in [6, 6.07) is 9.39. The van der Waals surface area contributed by atoms with Gasteiger partial charge in [0.1, 0.15) is 0 Å². The van der Waals surface area contributed by atoms with E-state index in [1.54, 1.807) is 0 Å². The van der Waals surface area contributed by atoms with E-state index >= 15 is 0 Å². The third kappa shape index (κ3) is 12.9. The van der Waals surface area contributed by atoms with Gasteiger partial charge in [-0.15, -0.1) is 0 Å². The Kier molecular flexibility index (Phi) is 15.8. The Morgan fingerprint density at radius 3 is 1.45 bits per heavy atom. The molecule has 10 atom stereocenters. The summed E-state index contributed by atoms with van der Waals surface area (Å²) in [5, 5.41) is -0.351. The van der Waals surface area contributed by atoms with E-state index in [4.69, 9.17) is 47.4 Å². The molecule has 2 aliphatic heterocycles. The fraction of sp³-hybridized carbons (Fsp3) is 0.606. The van der Waals surface area contributed by atoms with E-state index in [1.165, 1.54) is 6.92 Å². The van der Waals surface area contributed by atoms with Gasteiger partial charge in [0, 0.05) is 0 Å². The number of esters is 7.